The van der Waals surface area contributed by atoms with Crippen LogP contribution in [0.2, 0.25) is 0 Å². The minimum absolute atomic E-state index is 0.00332. The van der Waals surface area contributed by atoms with Crippen LogP contribution >= 0.6 is 0 Å². The van der Waals surface area contributed by atoms with Crippen molar-refractivity contribution in [3.63, 3.8) is 0 Å². The van der Waals surface area contributed by atoms with E-state index in [9.17, 15) is 29.4 Å². The lowest BCUT2D eigenvalue weighted by atomic mass is 9.81. The Balaban J connectivity index is 0.000000158. The zero-order valence-corrected chi connectivity index (χ0v) is 35.0. The van der Waals surface area contributed by atoms with E-state index in [4.69, 9.17) is 0 Å². The first kappa shape index (κ1) is 40.6. The fraction of sp³-hybridized carbons (Fsp3) is 0.320. The van der Waals surface area contributed by atoms with Gasteiger partial charge < -0.3 is 20.0 Å². The maximum absolute atomic E-state index is 13.1. The highest BCUT2D eigenvalue weighted by Crippen LogP contribution is 2.45. The van der Waals surface area contributed by atoms with Crippen LogP contribution in [0.5, 0.6) is 11.5 Å². The molecule has 12 nitrogen and oxygen atoms in total. The molecule has 2 N–H and O–H groups in total. The highest BCUT2D eigenvalue weighted by atomic mass is 16.3. The number of benzene rings is 4. The molecule has 62 heavy (non-hydrogen) atoms. The second-order valence-corrected chi connectivity index (χ2v) is 16.7. The molecule has 10 rings (SSSR count). The fourth-order valence-electron chi connectivity index (χ4n) is 10.3. The van der Waals surface area contributed by atoms with E-state index in [0.717, 1.165) is 50.9 Å². The molecule has 0 unspecified atom stereocenters. The standard InChI is InChI=1S/2C25H25N3O3/c2*1-2-13-27-15-20(28-23(25(27)31)24(30)21(29)14-26-28)22-18-9-5-3-7-16(18)11-12-17-8-4-6-10-19(17)22/h2*3-10,14,20,22,30H,2,11-13,15H2,1H3/t2*20-/m10/s1. The molecule has 0 saturated heterocycles. The average molecular weight is 831 g/mol. The van der Waals surface area contributed by atoms with Crippen LogP contribution < -0.4 is 10.9 Å². The van der Waals surface area contributed by atoms with Gasteiger partial charge in [0.2, 0.25) is 10.9 Å². The Labute approximate surface area is 359 Å². The van der Waals surface area contributed by atoms with Gasteiger partial charge in [0.25, 0.3) is 11.8 Å². The molecule has 4 aromatic carbocycles. The Morgan fingerprint density at radius 1 is 0.500 bits per heavy atom. The number of carbonyl (C=O) groups excluding carboxylic acids is 2. The van der Waals surface area contributed by atoms with Gasteiger partial charge in [-0.05, 0) is 83.0 Å². The number of fused-ring (bicyclic) bond motifs is 6. The number of hydrogen-bond donors (Lipinski definition) is 2. The van der Waals surface area contributed by atoms with Gasteiger partial charge in [-0.15, -0.1) is 0 Å². The monoisotopic (exact) mass is 830 g/mol. The summed E-state index contributed by atoms with van der Waals surface area (Å²) in [6.45, 7) is 6.11. The predicted molar refractivity (Wildman–Crippen MR) is 235 cm³/mol. The molecule has 2 aromatic heterocycles. The molecule has 12 heteroatoms. The molecule has 4 aliphatic rings. The fourth-order valence-corrected chi connectivity index (χ4v) is 10.3. The highest BCUT2D eigenvalue weighted by Gasteiger charge is 2.43. The zero-order chi connectivity index (χ0) is 43.1. The molecule has 0 bridgehead atoms. The van der Waals surface area contributed by atoms with Crippen molar-refractivity contribution < 1.29 is 19.8 Å². The summed E-state index contributed by atoms with van der Waals surface area (Å²) in [6, 6.07) is 33.3. The Bertz CT molecular complexity index is 2530. The molecular weight excluding hydrogens is 781 g/mol. The van der Waals surface area contributed by atoms with Gasteiger partial charge in [-0.3, -0.25) is 28.5 Å². The van der Waals surface area contributed by atoms with Gasteiger partial charge in [-0.2, -0.15) is 10.2 Å². The first-order chi connectivity index (χ1) is 30.2. The minimum Gasteiger partial charge on any atom is -0.502 e. The lowest BCUT2D eigenvalue weighted by Gasteiger charge is -2.39. The number of nitrogens with zero attached hydrogens (tertiary/aromatic N) is 6. The van der Waals surface area contributed by atoms with Gasteiger partial charge >= 0.3 is 0 Å². The van der Waals surface area contributed by atoms with Crippen LogP contribution in [-0.4, -0.2) is 77.6 Å². The normalized spacial score (nSPS) is 18.2. The van der Waals surface area contributed by atoms with Crippen molar-refractivity contribution in [2.24, 2.45) is 0 Å². The van der Waals surface area contributed by atoms with Crippen LogP contribution in [0.15, 0.2) is 119 Å². The van der Waals surface area contributed by atoms with Crippen molar-refractivity contribution in [1.29, 1.82) is 0 Å². The molecule has 0 spiro atoms. The Morgan fingerprint density at radius 3 is 1.11 bits per heavy atom. The summed E-state index contributed by atoms with van der Waals surface area (Å²) in [7, 11) is 0. The second-order valence-electron chi connectivity index (χ2n) is 16.7. The molecule has 0 fully saturated rings. The van der Waals surface area contributed by atoms with Gasteiger partial charge in [0.1, 0.15) is 0 Å². The van der Waals surface area contributed by atoms with Crippen molar-refractivity contribution >= 4 is 11.8 Å². The van der Waals surface area contributed by atoms with Crippen molar-refractivity contribution in [3.8, 4) is 11.5 Å². The minimum atomic E-state index is -0.627. The van der Waals surface area contributed by atoms with Crippen molar-refractivity contribution in [3.05, 3.63) is 186 Å². The maximum atomic E-state index is 13.1. The molecular formula is C50H50N6O6. The average Bonchev–Trinajstić information content (AvgIpc) is 3.56. The SMILES string of the molecule is CCCN1C[C@@H](C2c3ccccc3CCc3ccccc32)n2ncc(=O)c(O)c2C1=O.CCCN1C[C@H](C2c3ccccc3CCc3ccccc32)n2ncc(=O)c(O)c2C1=O. The predicted octanol–water partition coefficient (Wildman–Crippen LogP) is 6.57. The summed E-state index contributed by atoms with van der Waals surface area (Å²) in [5, 5.41) is 29.8. The van der Waals surface area contributed by atoms with E-state index in [1.165, 1.54) is 44.5 Å². The number of aromatic hydroxyl groups is 2. The van der Waals surface area contributed by atoms with Crippen LogP contribution in [0.3, 0.4) is 0 Å². The van der Waals surface area contributed by atoms with Crippen LogP contribution in [-0.2, 0) is 25.7 Å². The largest absolute Gasteiger partial charge is 0.502 e. The summed E-state index contributed by atoms with van der Waals surface area (Å²) < 4.78 is 3.18. The lowest BCUT2D eigenvalue weighted by molar-refractivity contribution is 0.0627. The van der Waals surface area contributed by atoms with Gasteiger partial charge in [-0.1, -0.05) is 111 Å². The van der Waals surface area contributed by atoms with Crippen molar-refractivity contribution in [2.75, 3.05) is 26.2 Å². The molecule has 2 amide bonds. The molecule has 0 saturated carbocycles. The highest BCUT2D eigenvalue weighted by molar-refractivity contribution is 5.96. The molecule has 0 radical (unpaired) electrons. The summed E-state index contributed by atoms with van der Waals surface area (Å²) in [4.78, 5) is 54.0. The quantitative estimate of drug-likeness (QED) is 0.191. The van der Waals surface area contributed by atoms with E-state index in [0.29, 0.717) is 26.2 Å². The molecule has 2 aliphatic heterocycles. The molecule has 6 aromatic rings. The van der Waals surface area contributed by atoms with Crippen LogP contribution in [0, 0.1) is 0 Å². The van der Waals surface area contributed by atoms with Crippen molar-refractivity contribution in [2.45, 2.75) is 76.3 Å². The van der Waals surface area contributed by atoms with Crippen LogP contribution in [0.25, 0.3) is 0 Å². The van der Waals surface area contributed by atoms with E-state index >= 15 is 0 Å². The topological polar surface area (TPSA) is 151 Å². The Morgan fingerprint density at radius 2 is 0.806 bits per heavy atom. The molecule has 316 valence electrons. The van der Waals surface area contributed by atoms with Crippen LogP contribution in [0.1, 0.15) is 116 Å². The Kier molecular flexibility index (Phi) is 11.1. The number of hydrogen-bond acceptors (Lipinski definition) is 8. The number of aryl methyl sites for hydroxylation is 4. The van der Waals surface area contributed by atoms with E-state index < -0.39 is 22.4 Å². The number of rotatable bonds is 6. The van der Waals surface area contributed by atoms with Gasteiger partial charge in [0.05, 0.1) is 24.5 Å². The third kappa shape index (κ3) is 7.06. The van der Waals surface area contributed by atoms with Crippen LogP contribution in [0.4, 0.5) is 0 Å². The van der Waals surface area contributed by atoms with Crippen molar-refractivity contribution in [1.82, 2.24) is 29.4 Å². The Hall–Kier alpha value is -6.82. The molecule has 2 aliphatic carbocycles. The zero-order valence-electron chi connectivity index (χ0n) is 35.0. The third-order valence-corrected chi connectivity index (χ3v) is 13.0. The smallest absolute Gasteiger partial charge is 0.276 e. The lowest BCUT2D eigenvalue weighted by Crippen LogP contribution is -2.47. The molecule has 2 atom stereocenters. The number of carbonyl (C=O) groups is 2. The summed E-state index contributed by atoms with van der Waals surface area (Å²) in [5.74, 6) is -1.79. The van der Waals surface area contributed by atoms with Gasteiger partial charge in [0, 0.05) is 38.0 Å². The first-order valence-electron chi connectivity index (χ1n) is 21.7. The van der Waals surface area contributed by atoms with E-state index in [2.05, 4.69) is 107 Å². The van der Waals surface area contributed by atoms with E-state index in [1.54, 1.807) is 19.2 Å². The summed E-state index contributed by atoms with van der Waals surface area (Å²) >= 11 is 0. The maximum Gasteiger partial charge on any atom is 0.276 e. The second kappa shape index (κ2) is 16.9. The van der Waals surface area contributed by atoms with Gasteiger partial charge in [0.15, 0.2) is 22.9 Å². The summed E-state index contributed by atoms with van der Waals surface area (Å²) in [5.41, 5.74) is 8.75. The number of aromatic nitrogens is 4. The number of amides is 2. The van der Waals surface area contributed by atoms with E-state index in [1.807, 2.05) is 13.8 Å². The van der Waals surface area contributed by atoms with E-state index in [-0.39, 0.29) is 47.1 Å². The molecule has 4 heterocycles. The third-order valence-electron chi connectivity index (χ3n) is 13.0. The first-order valence-corrected chi connectivity index (χ1v) is 21.7. The van der Waals surface area contributed by atoms with Gasteiger partial charge in [-0.25, -0.2) is 0 Å². The summed E-state index contributed by atoms with van der Waals surface area (Å²) in [6.07, 6.45) is 7.61.